The van der Waals surface area contributed by atoms with Gasteiger partial charge in [-0.25, -0.2) is 4.79 Å². The maximum absolute atomic E-state index is 12.0. The summed E-state index contributed by atoms with van der Waals surface area (Å²) in [6.07, 6.45) is 0.128. The van der Waals surface area contributed by atoms with E-state index in [-0.39, 0.29) is 5.63 Å². The lowest BCUT2D eigenvalue weighted by Gasteiger charge is -2.32. The van der Waals surface area contributed by atoms with Crippen LogP contribution in [0.1, 0.15) is 29.5 Å². The zero-order valence-corrected chi connectivity index (χ0v) is 14.7. The standard InChI is InChI=1S/C20H25NO4/c1-11-3-12(2)20-16(4-11)15(7-19(24)25-20)10-21-8-13-5-17(22)18(23)6-14(13)9-21/h3-4,7,13-14,17-18,22-23H,5-6,8-10H2,1-2H3/t13-,14+,17+,18-. The topological polar surface area (TPSA) is 73.9 Å². The van der Waals surface area contributed by atoms with Crippen LogP contribution in [0.3, 0.4) is 0 Å². The Labute approximate surface area is 146 Å². The van der Waals surface area contributed by atoms with Gasteiger partial charge in [-0.15, -0.1) is 0 Å². The van der Waals surface area contributed by atoms with Gasteiger partial charge in [0.15, 0.2) is 0 Å². The lowest BCUT2D eigenvalue weighted by atomic mass is 9.79. The van der Waals surface area contributed by atoms with Gasteiger partial charge in [-0.05, 0) is 61.3 Å². The van der Waals surface area contributed by atoms with Crippen LogP contribution in [-0.4, -0.2) is 40.4 Å². The van der Waals surface area contributed by atoms with Gasteiger partial charge in [-0.1, -0.05) is 6.07 Å². The molecule has 1 aliphatic carbocycles. The van der Waals surface area contributed by atoms with Crippen LogP contribution in [0.25, 0.3) is 11.0 Å². The van der Waals surface area contributed by atoms with E-state index in [0.29, 0.717) is 36.8 Å². The quantitative estimate of drug-likeness (QED) is 0.816. The zero-order chi connectivity index (χ0) is 17.7. The molecule has 1 aliphatic heterocycles. The molecule has 25 heavy (non-hydrogen) atoms. The number of aryl methyl sites for hydroxylation is 2. The van der Waals surface area contributed by atoms with Gasteiger partial charge in [0.05, 0.1) is 12.2 Å². The molecule has 1 saturated heterocycles. The van der Waals surface area contributed by atoms with Crippen molar-refractivity contribution in [3.05, 3.63) is 45.3 Å². The summed E-state index contributed by atoms with van der Waals surface area (Å²) in [5.41, 5.74) is 3.50. The SMILES string of the molecule is Cc1cc(C)c2oc(=O)cc(CN3C[C@H]4C[C@H](O)[C@H](O)C[C@H]4C3)c2c1. The summed E-state index contributed by atoms with van der Waals surface area (Å²) in [6.45, 7) is 6.52. The number of hydrogen-bond acceptors (Lipinski definition) is 5. The van der Waals surface area contributed by atoms with Gasteiger partial charge in [0, 0.05) is 31.1 Å². The van der Waals surface area contributed by atoms with Crippen molar-refractivity contribution in [2.45, 2.75) is 45.4 Å². The van der Waals surface area contributed by atoms with Crippen molar-refractivity contribution >= 4 is 11.0 Å². The van der Waals surface area contributed by atoms with E-state index in [2.05, 4.69) is 17.9 Å². The first-order valence-electron chi connectivity index (χ1n) is 9.03. The maximum Gasteiger partial charge on any atom is 0.336 e. The lowest BCUT2D eigenvalue weighted by molar-refractivity contribution is -0.0372. The Kier molecular flexibility index (Phi) is 4.18. The summed E-state index contributed by atoms with van der Waals surface area (Å²) in [5, 5.41) is 20.8. The highest BCUT2D eigenvalue weighted by atomic mass is 16.4. The predicted octanol–water partition coefficient (Wildman–Crippen LogP) is 1.97. The molecular formula is C20H25NO4. The fraction of sp³-hybridized carbons (Fsp3) is 0.550. The Morgan fingerprint density at radius 3 is 2.36 bits per heavy atom. The van der Waals surface area contributed by atoms with E-state index in [4.69, 9.17) is 4.42 Å². The Bertz CT molecular complexity index is 841. The van der Waals surface area contributed by atoms with Crippen molar-refractivity contribution in [1.82, 2.24) is 4.90 Å². The zero-order valence-electron chi connectivity index (χ0n) is 14.7. The van der Waals surface area contributed by atoms with Crippen molar-refractivity contribution in [1.29, 1.82) is 0 Å². The summed E-state index contributed by atoms with van der Waals surface area (Å²) in [5.74, 6) is 0.849. The number of nitrogens with zero attached hydrogens (tertiary/aromatic N) is 1. The molecule has 2 aliphatic rings. The summed E-state index contributed by atoms with van der Waals surface area (Å²) in [6, 6.07) is 5.71. The van der Waals surface area contributed by atoms with Crippen molar-refractivity contribution in [2.24, 2.45) is 11.8 Å². The molecule has 1 aromatic carbocycles. The number of hydrogen-bond donors (Lipinski definition) is 2. The predicted molar refractivity (Wildman–Crippen MR) is 95.5 cm³/mol. The minimum absolute atomic E-state index is 0.308. The second-order valence-electron chi connectivity index (χ2n) is 7.87. The molecule has 4 rings (SSSR count). The van der Waals surface area contributed by atoms with Crippen molar-refractivity contribution in [3.8, 4) is 0 Å². The third-order valence-electron chi connectivity index (χ3n) is 5.84. The number of fused-ring (bicyclic) bond motifs is 2. The summed E-state index contributed by atoms with van der Waals surface area (Å²) in [4.78, 5) is 14.3. The van der Waals surface area contributed by atoms with Crippen LogP contribution in [0.2, 0.25) is 0 Å². The lowest BCUT2D eigenvalue weighted by Crippen LogP contribution is -2.38. The van der Waals surface area contributed by atoms with Crippen molar-refractivity contribution in [3.63, 3.8) is 0 Å². The number of aliphatic hydroxyl groups excluding tert-OH is 2. The van der Waals surface area contributed by atoms with E-state index in [1.807, 2.05) is 13.0 Å². The first kappa shape index (κ1) is 16.8. The number of rotatable bonds is 2. The second-order valence-corrected chi connectivity index (χ2v) is 7.87. The fourth-order valence-corrected chi connectivity index (χ4v) is 4.68. The highest BCUT2D eigenvalue weighted by Gasteiger charge is 2.41. The van der Waals surface area contributed by atoms with Crippen LogP contribution in [0.5, 0.6) is 0 Å². The number of aliphatic hydroxyl groups is 2. The average Bonchev–Trinajstić information content (AvgIpc) is 2.90. The third kappa shape index (κ3) is 3.12. The van der Waals surface area contributed by atoms with Gasteiger partial charge in [0.2, 0.25) is 0 Å². The molecule has 5 nitrogen and oxygen atoms in total. The van der Waals surface area contributed by atoms with E-state index in [1.165, 1.54) is 0 Å². The molecule has 2 heterocycles. The van der Waals surface area contributed by atoms with Crippen molar-refractivity contribution < 1.29 is 14.6 Å². The molecule has 0 bridgehead atoms. The Morgan fingerprint density at radius 2 is 1.72 bits per heavy atom. The summed E-state index contributed by atoms with van der Waals surface area (Å²) < 4.78 is 5.44. The molecular weight excluding hydrogens is 318 g/mol. The number of likely N-dealkylation sites (tertiary alicyclic amines) is 1. The maximum atomic E-state index is 12.0. The fourth-order valence-electron chi connectivity index (χ4n) is 4.68. The molecule has 134 valence electrons. The van der Waals surface area contributed by atoms with Crippen molar-refractivity contribution in [2.75, 3.05) is 13.1 Å². The van der Waals surface area contributed by atoms with E-state index < -0.39 is 12.2 Å². The first-order chi connectivity index (χ1) is 11.9. The van der Waals surface area contributed by atoms with Crippen LogP contribution in [0.4, 0.5) is 0 Å². The Hall–Kier alpha value is -1.69. The normalized spacial score (nSPS) is 29.9. The Balaban J connectivity index is 1.62. The molecule has 0 radical (unpaired) electrons. The smallest absolute Gasteiger partial charge is 0.336 e. The molecule has 1 saturated carbocycles. The van der Waals surface area contributed by atoms with Gasteiger partial charge in [-0.2, -0.15) is 0 Å². The molecule has 5 heteroatoms. The van der Waals surface area contributed by atoms with E-state index in [0.717, 1.165) is 35.2 Å². The molecule has 0 unspecified atom stereocenters. The monoisotopic (exact) mass is 343 g/mol. The van der Waals surface area contributed by atoms with Crippen LogP contribution in [0, 0.1) is 25.7 Å². The van der Waals surface area contributed by atoms with Gasteiger partial charge in [0.25, 0.3) is 0 Å². The average molecular weight is 343 g/mol. The second kappa shape index (κ2) is 6.24. The largest absolute Gasteiger partial charge is 0.422 e. The Morgan fingerprint density at radius 1 is 1.08 bits per heavy atom. The number of benzene rings is 1. The van der Waals surface area contributed by atoms with E-state index >= 15 is 0 Å². The van der Waals surface area contributed by atoms with Gasteiger partial charge < -0.3 is 14.6 Å². The van der Waals surface area contributed by atoms with Gasteiger partial charge in [-0.3, -0.25) is 4.90 Å². The minimum Gasteiger partial charge on any atom is -0.422 e. The molecule has 0 spiro atoms. The van der Waals surface area contributed by atoms with Gasteiger partial charge >= 0.3 is 5.63 Å². The minimum atomic E-state index is -0.601. The highest BCUT2D eigenvalue weighted by Crippen LogP contribution is 2.37. The molecule has 2 fully saturated rings. The van der Waals surface area contributed by atoms with E-state index in [9.17, 15) is 15.0 Å². The first-order valence-corrected chi connectivity index (χ1v) is 9.03. The third-order valence-corrected chi connectivity index (χ3v) is 5.84. The summed E-state index contributed by atoms with van der Waals surface area (Å²) >= 11 is 0. The van der Waals surface area contributed by atoms with E-state index in [1.54, 1.807) is 6.07 Å². The molecule has 2 N–H and O–H groups in total. The molecule has 1 aromatic heterocycles. The van der Waals surface area contributed by atoms with Crippen LogP contribution in [0.15, 0.2) is 27.4 Å². The highest BCUT2D eigenvalue weighted by molar-refractivity contribution is 5.83. The van der Waals surface area contributed by atoms with Gasteiger partial charge in [0.1, 0.15) is 5.58 Å². The van der Waals surface area contributed by atoms with Crippen LogP contribution >= 0.6 is 0 Å². The van der Waals surface area contributed by atoms with Crippen LogP contribution in [-0.2, 0) is 6.54 Å². The summed E-state index contributed by atoms with van der Waals surface area (Å²) in [7, 11) is 0. The van der Waals surface area contributed by atoms with Crippen LogP contribution < -0.4 is 5.63 Å². The molecule has 0 amide bonds. The molecule has 2 aromatic rings. The molecule has 4 atom stereocenters.